The summed E-state index contributed by atoms with van der Waals surface area (Å²) in [7, 11) is 0. The van der Waals surface area contributed by atoms with E-state index in [0.717, 1.165) is 5.56 Å². The molecule has 0 aliphatic rings. The van der Waals surface area contributed by atoms with Crippen molar-refractivity contribution in [3.05, 3.63) is 62.9 Å². The number of anilines is 1. The van der Waals surface area contributed by atoms with E-state index >= 15 is 0 Å². The minimum Gasteiger partial charge on any atom is -0.376 e. The number of benzene rings is 2. The van der Waals surface area contributed by atoms with Gasteiger partial charge in [-0.3, -0.25) is 0 Å². The van der Waals surface area contributed by atoms with Crippen LogP contribution in [0, 0.1) is 36.0 Å². The third kappa shape index (κ3) is 3.02. The molecule has 0 aromatic heterocycles. The molecule has 0 aliphatic carbocycles. The van der Waals surface area contributed by atoms with Gasteiger partial charge in [-0.1, -0.05) is 28.1 Å². The van der Waals surface area contributed by atoms with E-state index in [1.54, 1.807) is 18.2 Å². The molecule has 0 spiro atoms. The Morgan fingerprint density at radius 1 is 0.905 bits per heavy atom. The summed E-state index contributed by atoms with van der Waals surface area (Å²) in [6, 6.07) is 5.22. The van der Waals surface area contributed by atoms with Gasteiger partial charge in [0.15, 0.2) is 23.3 Å². The third-order valence-corrected chi connectivity index (χ3v) is 3.61. The first-order valence-corrected chi connectivity index (χ1v) is 6.62. The van der Waals surface area contributed by atoms with Crippen molar-refractivity contribution >= 4 is 21.6 Å². The monoisotopic (exact) mass is 365 g/mol. The molecule has 7 heteroatoms. The van der Waals surface area contributed by atoms with Crippen LogP contribution in [0.4, 0.5) is 27.6 Å². The summed E-state index contributed by atoms with van der Waals surface area (Å²) in [5, 5.41) is 2.24. The lowest BCUT2D eigenvalue weighted by Crippen LogP contribution is -2.10. The van der Waals surface area contributed by atoms with Crippen LogP contribution in [0.1, 0.15) is 11.1 Å². The van der Waals surface area contributed by atoms with E-state index in [1.807, 2.05) is 6.92 Å². The highest BCUT2D eigenvalue weighted by atomic mass is 79.9. The zero-order valence-electron chi connectivity index (χ0n) is 10.7. The van der Waals surface area contributed by atoms with Crippen molar-refractivity contribution in [3.63, 3.8) is 0 Å². The van der Waals surface area contributed by atoms with Gasteiger partial charge in [0.25, 0.3) is 0 Å². The summed E-state index contributed by atoms with van der Waals surface area (Å²) in [6.45, 7) is 1.76. The molecule has 112 valence electrons. The molecule has 2 aromatic rings. The van der Waals surface area contributed by atoms with E-state index in [-0.39, 0.29) is 6.54 Å². The van der Waals surface area contributed by atoms with Gasteiger partial charge in [-0.25, -0.2) is 22.0 Å². The Morgan fingerprint density at radius 3 is 1.95 bits per heavy atom. The summed E-state index contributed by atoms with van der Waals surface area (Å²) in [4.78, 5) is 0. The van der Waals surface area contributed by atoms with Crippen LogP contribution in [0.2, 0.25) is 0 Å². The largest absolute Gasteiger partial charge is 0.376 e. The van der Waals surface area contributed by atoms with Crippen LogP contribution in [-0.4, -0.2) is 0 Å². The second kappa shape index (κ2) is 6.01. The standard InChI is InChI=1S/C14H9BrF5N/c1-6-2-3-7(8(15)4-6)5-21-14-12(19)10(17)9(16)11(18)13(14)20/h2-4,21H,5H2,1H3. The third-order valence-electron chi connectivity index (χ3n) is 2.87. The molecule has 1 nitrogen and oxygen atoms in total. The van der Waals surface area contributed by atoms with Crippen LogP contribution in [0.25, 0.3) is 0 Å². The van der Waals surface area contributed by atoms with Crippen molar-refractivity contribution in [2.45, 2.75) is 13.5 Å². The van der Waals surface area contributed by atoms with Crippen molar-refractivity contribution in [2.24, 2.45) is 0 Å². The van der Waals surface area contributed by atoms with E-state index in [4.69, 9.17) is 0 Å². The van der Waals surface area contributed by atoms with Crippen LogP contribution in [-0.2, 0) is 6.54 Å². The molecule has 0 heterocycles. The normalized spacial score (nSPS) is 10.8. The van der Waals surface area contributed by atoms with Crippen LogP contribution in [0.3, 0.4) is 0 Å². The Labute approximate surface area is 125 Å². The fraction of sp³-hybridized carbons (Fsp3) is 0.143. The van der Waals surface area contributed by atoms with Crippen LogP contribution in [0.15, 0.2) is 22.7 Å². The van der Waals surface area contributed by atoms with Gasteiger partial charge in [0.2, 0.25) is 5.82 Å². The number of halogens is 6. The number of aryl methyl sites for hydroxylation is 1. The lowest BCUT2D eigenvalue weighted by Gasteiger charge is -2.12. The Morgan fingerprint density at radius 2 is 1.43 bits per heavy atom. The second-order valence-electron chi connectivity index (χ2n) is 4.39. The molecule has 1 N–H and O–H groups in total. The summed E-state index contributed by atoms with van der Waals surface area (Å²) in [5.41, 5.74) is 0.533. The van der Waals surface area contributed by atoms with Gasteiger partial charge in [-0.05, 0) is 24.1 Å². The first-order chi connectivity index (χ1) is 9.82. The predicted octanol–water partition coefficient (Wildman–Crippen LogP) is 5.07. The molecular formula is C14H9BrF5N. The smallest absolute Gasteiger partial charge is 0.200 e. The first-order valence-electron chi connectivity index (χ1n) is 5.83. The minimum atomic E-state index is -2.17. The molecule has 0 unspecified atom stereocenters. The maximum Gasteiger partial charge on any atom is 0.200 e. The zero-order valence-corrected chi connectivity index (χ0v) is 12.3. The SMILES string of the molecule is Cc1ccc(CNc2c(F)c(F)c(F)c(F)c2F)c(Br)c1. The summed E-state index contributed by atoms with van der Waals surface area (Å²) < 4.78 is 66.6. The Bertz CT molecular complexity index is 673. The van der Waals surface area contributed by atoms with Gasteiger partial charge in [0.1, 0.15) is 5.69 Å². The summed E-state index contributed by atoms with van der Waals surface area (Å²) >= 11 is 3.26. The molecule has 0 saturated heterocycles. The second-order valence-corrected chi connectivity index (χ2v) is 5.25. The van der Waals surface area contributed by atoms with Crippen LogP contribution in [0.5, 0.6) is 0 Å². The maximum atomic E-state index is 13.5. The Hall–Kier alpha value is -1.63. The van der Waals surface area contributed by atoms with Crippen LogP contribution >= 0.6 is 15.9 Å². The molecule has 0 fully saturated rings. The van der Waals surface area contributed by atoms with Crippen molar-refractivity contribution in [1.29, 1.82) is 0 Å². The van der Waals surface area contributed by atoms with Gasteiger partial charge >= 0.3 is 0 Å². The van der Waals surface area contributed by atoms with E-state index in [0.29, 0.717) is 10.0 Å². The molecular weight excluding hydrogens is 357 g/mol. The van der Waals surface area contributed by atoms with Gasteiger partial charge in [0, 0.05) is 11.0 Å². The van der Waals surface area contributed by atoms with Crippen LogP contribution < -0.4 is 5.32 Å². The maximum absolute atomic E-state index is 13.5. The average Bonchev–Trinajstić information content (AvgIpc) is 2.45. The predicted molar refractivity (Wildman–Crippen MR) is 72.4 cm³/mol. The van der Waals surface area contributed by atoms with Crippen molar-refractivity contribution in [2.75, 3.05) is 5.32 Å². The van der Waals surface area contributed by atoms with Crippen molar-refractivity contribution < 1.29 is 22.0 Å². The zero-order chi connectivity index (χ0) is 15.7. The number of hydrogen-bond acceptors (Lipinski definition) is 1. The van der Waals surface area contributed by atoms with Gasteiger partial charge in [0.05, 0.1) is 0 Å². The van der Waals surface area contributed by atoms with E-state index in [9.17, 15) is 22.0 Å². The summed E-state index contributed by atoms with van der Waals surface area (Å²) in [6.07, 6.45) is 0. The first kappa shape index (κ1) is 15.8. The highest BCUT2D eigenvalue weighted by molar-refractivity contribution is 9.10. The number of rotatable bonds is 3. The van der Waals surface area contributed by atoms with E-state index in [1.165, 1.54) is 0 Å². The van der Waals surface area contributed by atoms with Gasteiger partial charge < -0.3 is 5.32 Å². The van der Waals surface area contributed by atoms with Crippen molar-refractivity contribution in [1.82, 2.24) is 0 Å². The van der Waals surface area contributed by atoms with Crippen molar-refractivity contribution in [3.8, 4) is 0 Å². The molecule has 0 radical (unpaired) electrons. The molecule has 0 amide bonds. The fourth-order valence-corrected chi connectivity index (χ4v) is 2.37. The lowest BCUT2D eigenvalue weighted by atomic mass is 10.1. The topological polar surface area (TPSA) is 12.0 Å². The molecule has 0 atom stereocenters. The Kier molecular flexibility index (Phi) is 4.51. The number of hydrogen-bond donors (Lipinski definition) is 1. The quantitative estimate of drug-likeness (QED) is 0.455. The number of nitrogens with one attached hydrogen (secondary N) is 1. The summed E-state index contributed by atoms with van der Waals surface area (Å²) in [5.74, 6) is -9.88. The minimum absolute atomic E-state index is 0.0980. The molecule has 21 heavy (non-hydrogen) atoms. The highest BCUT2D eigenvalue weighted by Crippen LogP contribution is 2.28. The van der Waals surface area contributed by atoms with E-state index in [2.05, 4.69) is 21.2 Å². The lowest BCUT2D eigenvalue weighted by molar-refractivity contribution is 0.381. The molecule has 2 rings (SSSR count). The van der Waals surface area contributed by atoms with Gasteiger partial charge in [-0.15, -0.1) is 0 Å². The average molecular weight is 366 g/mol. The van der Waals surface area contributed by atoms with E-state index < -0.39 is 34.8 Å². The molecule has 0 bridgehead atoms. The molecule has 0 aliphatic heterocycles. The fourth-order valence-electron chi connectivity index (χ4n) is 1.74. The van der Waals surface area contributed by atoms with Gasteiger partial charge in [-0.2, -0.15) is 0 Å². The molecule has 0 saturated carbocycles. The molecule has 2 aromatic carbocycles. The highest BCUT2D eigenvalue weighted by Gasteiger charge is 2.25. The Balaban J connectivity index is 2.32.